The lowest BCUT2D eigenvalue weighted by molar-refractivity contribution is -0.113. The smallest absolute Gasteiger partial charge is 0.154 e. The molecule has 6 heteroatoms. The first-order chi connectivity index (χ1) is 19.8. The van der Waals surface area contributed by atoms with Gasteiger partial charge in [-0.2, -0.15) is 0 Å². The van der Waals surface area contributed by atoms with Crippen LogP contribution in [-0.4, -0.2) is 24.0 Å². The van der Waals surface area contributed by atoms with Gasteiger partial charge in [0.05, 0.1) is 11.4 Å². The van der Waals surface area contributed by atoms with E-state index < -0.39 is 0 Å². The van der Waals surface area contributed by atoms with Crippen molar-refractivity contribution in [3.63, 3.8) is 0 Å². The van der Waals surface area contributed by atoms with Crippen molar-refractivity contribution in [2.24, 2.45) is 9.98 Å². The lowest BCUT2D eigenvalue weighted by Crippen LogP contribution is -2.03. The van der Waals surface area contributed by atoms with Gasteiger partial charge in [0.15, 0.2) is 11.6 Å². The van der Waals surface area contributed by atoms with Gasteiger partial charge in [-0.1, -0.05) is 36.4 Å². The van der Waals surface area contributed by atoms with Crippen LogP contribution in [0.15, 0.2) is 69.9 Å². The predicted molar refractivity (Wildman–Crippen MR) is 178 cm³/mol. The highest BCUT2D eigenvalue weighted by atomic mass is 16.1. The summed E-state index contributed by atoms with van der Waals surface area (Å²) in [7, 11) is 0. The molecule has 0 radical (unpaired) electrons. The van der Waals surface area contributed by atoms with Crippen molar-refractivity contribution < 1.29 is 9.59 Å². The van der Waals surface area contributed by atoms with Crippen LogP contribution in [0.2, 0.25) is 0 Å². The van der Waals surface area contributed by atoms with Crippen LogP contribution in [0.3, 0.4) is 0 Å². The van der Waals surface area contributed by atoms with Crippen LogP contribution >= 0.6 is 0 Å². The zero-order valence-electron chi connectivity index (χ0n) is 26.5. The summed E-state index contributed by atoms with van der Waals surface area (Å²) in [5, 5.41) is 6.75. The van der Waals surface area contributed by atoms with Gasteiger partial charge in [-0.05, 0) is 126 Å². The van der Waals surface area contributed by atoms with Gasteiger partial charge in [0.2, 0.25) is 0 Å². The molecule has 0 amide bonds. The Kier molecular flexibility index (Phi) is 10.5. The normalized spacial score (nSPS) is 12.3. The van der Waals surface area contributed by atoms with Crippen LogP contribution < -0.4 is 10.6 Å². The molecule has 0 aromatic heterocycles. The van der Waals surface area contributed by atoms with Crippen LogP contribution in [0.4, 0.5) is 22.7 Å². The highest BCUT2D eigenvalue weighted by Gasteiger charge is 2.12. The number of nitrogens with zero attached hydrogens (tertiary/aromatic N) is 2. The number of allylic oxidation sites excluding steroid dienone is 4. The number of nitrogens with one attached hydrogen (secondary N) is 2. The number of carbonyl (C=O) groups excluding carboxylic acids is 2. The Labute approximate surface area is 250 Å². The molecular weight excluding hydrogens is 520 g/mol. The van der Waals surface area contributed by atoms with Crippen molar-refractivity contribution in [1.29, 1.82) is 0 Å². The summed E-state index contributed by atoms with van der Waals surface area (Å²) < 4.78 is 0. The maximum absolute atomic E-state index is 11.5. The van der Waals surface area contributed by atoms with Gasteiger partial charge in [-0.3, -0.25) is 19.6 Å². The van der Waals surface area contributed by atoms with Gasteiger partial charge in [-0.25, -0.2) is 0 Å². The fourth-order valence-corrected chi connectivity index (χ4v) is 5.15. The second kappa shape index (κ2) is 13.9. The molecular formula is C36H42N4O2. The number of anilines is 2. The van der Waals surface area contributed by atoms with Gasteiger partial charge in [-0.15, -0.1) is 0 Å². The van der Waals surface area contributed by atoms with Gasteiger partial charge in [0.25, 0.3) is 0 Å². The Morgan fingerprint density at radius 1 is 0.571 bits per heavy atom. The first-order valence-corrected chi connectivity index (χ1v) is 14.1. The summed E-state index contributed by atoms with van der Waals surface area (Å²) >= 11 is 0. The average Bonchev–Trinajstić information content (AvgIpc) is 2.88. The van der Waals surface area contributed by atoms with Crippen molar-refractivity contribution in [2.45, 2.75) is 69.2 Å². The van der Waals surface area contributed by atoms with E-state index in [1.54, 1.807) is 26.0 Å². The minimum absolute atomic E-state index is 0.00806. The molecule has 42 heavy (non-hydrogen) atoms. The van der Waals surface area contributed by atoms with Gasteiger partial charge in [0.1, 0.15) is 0 Å². The quantitative estimate of drug-likeness (QED) is 0.191. The van der Waals surface area contributed by atoms with E-state index in [2.05, 4.69) is 50.5 Å². The molecule has 6 nitrogen and oxygen atoms in total. The fourth-order valence-electron chi connectivity index (χ4n) is 5.15. The molecule has 0 bridgehead atoms. The van der Waals surface area contributed by atoms with Crippen molar-refractivity contribution >= 4 is 46.7 Å². The summed E-state index contributed by atoms with van der Waals surface area (Å²) in [6.07, 6.45) is 6.94. The Bertz CT molecular complexity index is 1520. The molecule has 0 fully saturated rings. The number of benzene rings is 3. The minimum atomic E-state index is 0.00806. The van der Waals surface area contributed by atoms with E-state index in [9.17, 15) is 9.59 Å². The van der Waals surface area contributed by atoms with Crippen LogP contribution in [0.1, 0.15) is 72.2 Å². The highest BCUT2D eigenvalue weighted by molar-refractivity contribution is 5.90. The highest BCUT2D eigenvalue weighted by Crippen LogP contribution is 2.35. The second-order valence-electron chi connectivity index (χ2n) is 11.0. The van der Waals surface area contributed by atoms with E-state index >= 15 is 0 Å². The molecule has 218 valence electrons. The Hall–Kier alpha value is -4.58. The topological polar surface area (TPSA) is 82.9 Å². The Morgan fingerprint density at radius 2 is 0.905 bits per heavy atom. The molecule has 3 rings (SSSR count). The molecule has 0 aliphatic rings. The van der Waals surface area contributed by atoms with E-state index in [-0.39, 0.29) is 11.6 Å². The molecule has 3 aromatic rings. The number of rotatable bonds is 10. The van der Waals surface area contributed by atoms with Gasteiger partial charge < -0.3 is 10.6 Å². The van der Waals surface area contributed by atoms with Crippen molar-refractivity contribution in [3.8, 4) is 0 Å². The third-order valence-corrected chi connectivity index (χ3v) is 6.97. The molecule has 0 atom stereocenters. The molecule has 0 saturated heterocycles. The van der Waals surface area contributed by atoms with E-state index in [1.165, 1.54) is 0 Å². The molecule has 0 saturated carbocycles. The van der Waals surface area contributed by atoms with Crippen LogP contribution in [0, 0.1) is 41.5 Å². The van der Waals surface area contributed by atoms with E-state index in [4.69, 9.17) is 9.98 Å². The maximum atomic E-state index is 11.5. The largest absolute Gasteiger partial charge is 0.359 e. The van der Waals surface area contributed by atoms with Crippen LogP contribution in [-0.2, 0) is 9.59 Å². The number of hydrogen-bond acceptors (Lipinski definition) is 6. The maximum Gasteiger partial charge on any atom is 0.154 e. The number of aliphatic imine (C=N–C) groups is 2. The van der Waals surface area contributed by atoms with Gasteiger partial charge in [0, 0.05) is 35.2 Å². The Morgan fingerprint density at radius 3 is 1.21 bits per heavy atom. The predicted octanol–water partition coefficient (Wildman–Crippen LogP) is 8.85. The molecule has 0 unspecified atom stereocenters. The molecule has 0 spiro atoms. The second-order valence-corrected chi connectivity index (χ2v) is 11.0. The average molecular weight is 563 g/mol. The lowest BCUT2D eigenvalue weighted by atomic mass is 10.0. The van der Waals surface area contributed by atoms with E-state index in [0.717, 1.165) is 78.7 Å². The summed E-state index contributed by atoms with van der Waals surface area (Å²) in [4.78, 5) is 32.6. The standard InChI is InChI=1S/C36H42N4O2/c1-21-15-23(3)35(39-25(5)17-27(7)41)29(9)33(21)37-19-31-11-13-32(14-12-31)20-38-34-22(2)16-24(4)36(30(34)10)40-26(6)18-28(8)42/h11-20,39-40H,1-10H3/b25-17+,26-18+,37-19?,38-20?. The fraction of sp³-hybridized carbons (Fsp3) is 0.278. The summed E-state index contributed by atoms with van der Waals surface area (Å²) in [6.45, 7) is 19.2. The van der Waals surface area contributed by atoms with Crippen molar-refractivity contribution in [2.75, 3.05) is 10.6 Å². The third-order valence-electron chi connectivity index (χ3n) is 6.97. The monoisotopic (exact) mass is 562 g/mol. The third kappa shape index (κ3) is 8.23. The van der Waals surface area contributed by atoms with Crippen molar-refractivity contribution in [3.05, 3.63) is 104 Å². The first-order valence-electron chi connectivity index (χ1n) is 14.1. The molecule has 0 heterocycles. The number of hydrogen-bond donors (Lipinski definition) is 2. The summed E-state index contributed by atoms with van der Waals surface area (Å²) in [5.41, 5.74) is 13.8. The lowest BCUT2D eigenvalue weighted by Gasteiger charge is -2.17. The summed E-state index contributed by atoms with van der Waals surface area (Å²) in [5.74, 6) is 0.0161. The van der Waals surface area contributed by atoms with Crippen molar-refractivity contribution in [1.82, 2.24) is 0 Å². The minimum Gasteiger partial charge on any atom is -0.359 e. The first kappa shape index (κ1) is 31.9. The van der Waals surface area contributed by atoms with E-state index in [0.29, 0.717) is 0 Å². The number of ketones is 2. The van der Waals surface area contributed by atoms with E-state index in [1.807, 2.05) is 64.4 Å². The number of carbonyl (C=O) groups is 2. The van der Waals surface area contributed by atoms with Crippen LogP contribution in [0.5, 0.6) is 0 Å². The SMILES string of the molecule is CC(=O)/C=C(\C)Nc1c(C)cc(C)c(N=Cc2ccc(C=Nc3c(C)cc(C)c(N/C(C)=C/C(C)=O)c3C)cc2)c1C. The molecule has 2 N–H and O–H groups in total. The van der Waals surface area contributed by atoms with Gasteiger partial charge >= 0.3 is 0 Å². The number of aryl methyl sites for hydroxylation is 4. The molecule has 3 aromatic carbocycles. The molecule has 0 aliphatic heterocycles. The van der Waals surface area contributed by atoms with Crippen LogP contribution in [0.25, 0.3) is 0 Å². The molecule has 0 aliphatic carbocycles. The Balaban J connectivity index is 1.84. The zero-order valence-corrected chi connectivity index (χ0v) is 26.5. The zero-order chi connectivity index (χ0) is 31.1. The summed E-state index contributed by atoms with van der Waals surface area (Å²) in [6, 6.07) is 12.3.